The first-order chi connectivity index (χ1) is 19.2. The van der Waals surface area contributed by atoms with Gasteiger partial charge in [-0.2, -0.15) is 13.1 Å². The van der Waals surface area contributed by atoms with E-state index in [1.165, 1.54) is 10.8 Å². The zero-order chi connectivity index (χ0) is 30.0. The summed E-state index contributed by atoms with van der Waals surface area (Å²) in [7, 11) is -4.71. The molecule has 2 heterocycles. The van der Waals surface area contributed by atoms with Crippen LogP contribution in [0, 0.1) is 5.92 Å². The number of benzene rings is 1. The summed E-state index contributed by atoms with van der Waals surface area (Å²) in [5, 5.41) is 2.98. The molecule has 1 saturated heterocycles. The molecule has 1 aromatic carbocycles. The summed E-state index contributed by atoms with van der Waals surface area (Å²) in [4.78, 5) is 31.5. The smallest absolute Gasteiger partial charge is 0.402 e. The van der Waals surface area contributed by atoms with Gasteiger partial charge >= 0.3 is 7.12 Å². The van der Waals surface area contributed by atoms with Crippen molar-refractivity contribution in [1.82, 2.24) is 19.6 Å². The number of carbonyl (C=O) groups excluding carboxylic acids is 1. The van der Waals surface area contributed by atoms with Crippen LogP contribution < -0.4 is 20.3 Å². The van der Waals surface area contributed by atoms with Gasteiger partial charge in [0.05, 0.1) is 23.3 Å². The maximum Gasteiger partial charge on any atom is 0.482 e. The molecule has 2 aliphatic rings. The van der Waals surface area contributed by atoms with E-state index in [9.17, 15) is 18.0 Å². The van der Waals surface area contributed by atoms with E-state index in [4.69, 9.17) is 9.31 Å². The molecule has 1 saturated carbocycles. The second kappa shape index (κ2) is 12.2. The first-order valence-electron chi connectivity index (χ1n) is 14.3. The van der Waals surface area contributed by atoms with E-state index >= 15 is 0 Å². The van der Waals surface area contributed by atoms with Crippen LogP contribution >= 0.6 is 0 Å². The van der Waals surface area contributed by atoms with Crippen molar-refractivity contribution >= 4 is 28.9 Å². The van der Waals surface area contributed by atoms with Gasteiger partial charge in [0.1, 0.15) is 18.1 Å². The number of nitrogens with zero attached hydrogens (tertiary/aromatic N) is 2. The molecule has 3 N–H and O–H groups in total. The van der Waals surface area contributed by atoms with Crippen molar-refractivity contribution in [3.05, 3.63) is 46.9 Å². The fourth-order valence-corrected chi connectivity index (χ4v) is 6.26. The fourth-order valence-electron chi connectivity index (χ4n) is 5.10. The highest BCUT2D eigenvalue weighted by atomic mass is 32.2. The lowest BCUT2D eigenvalue weighted by molar-refractivity contribution is -0.122. The van der Waals surface area contributed by atoms with Crippen molar-refractivity contribution in [3.8, 4) is 11.4 Å². The van der Waals surface area contributed by atoms with E-state index in [1.807, 2.05) is 47.6 Å². The normalized spacial score (nSPS) is 19.7. The molecule has 1 aliphatic carbocycles. The van der Waals surface area contributed by atoms with Crippen LogP contribution in [0.15, 0.2) is 41.3 Å². The molecule has 1 aromatic heterocycles. The molecular weight excluding hydrogens is 545 g/mol. The van der Waals surface area contributed by atoms with Gasteiger partial charge in [0, 0.05) is 11.6 Å². The zero-order valence-electron chi connectivity index (χ0n) is 24.8. The average molecular weight is 588 g/mol. The Hall–Kier alpha value is -2.74. The molecule has 0 spiro atoms. The number of hydrogen-bond acceptors (Lipinski definition) is 7. The monoisotopic (exact) mass is 587 g/mol. The van der Waals surface area contributed by atoms with E-state index in [2.05, 4.69) is 19.7 Å². The molecular formula is C28H42BN5O6S. The van der Waals surface area contributed by atoms with E-state index in [0.717, 1.165) is 32.1 Å². The number of aromatic nitrogens is 2. The minimum Gasteiger partial charge on any atom is -0.402 e. The van der Waals surface area contributed by atoms with Gasteiger partial charge in [-0.1, -0.05) is 63.4 Å². The molecule has 0 bridgehead atoms. The number of rotatable bonds is 10. The quantitative estimate of drug-likeness (QED) is 0.363. The van der Waals surface area contributed by atoms with Crippen LogP contribution in [0.4, 0.5) is 5.69 Å². The highest BCUT2D eigenvalue weighted by Crippen LogP contribution is 2.38. The molecule has 2 aromatic rings. The van der Waals surface area contributed by atoms with Gasteiger partial charge in [-0.25, -0.2) is 4.98 Å². The van der Waals surface area contributed by atoms with Crippen LogP contribution in [0.5, 0.6) is 0 Å². The maximum absolute atomic E-state index is 13.7. The van der Waals surface area contributed by atoms with Crippen LogP contribution in [0.1, 0.15) is 73.6 Å². The third-order valence-corrected chi connectivity index (χ3v) is 9.30. The lowest BCUT2D eigenvalue weighted by Crippen LogP contribution is -2.52. The van der Waals surface area contributed by atoms with Crippen LogP contribution in [0.2, 0.25) is 0 Å². The molecule has 13 heteroatoms. The molecule has 1 unspecified atom stereocenters. The number of anilines is 1. The highest BCUT2D eigenvalue weighted by Gasteiger charge is 2.54. The molecule has 0 radical (unpaired) electrons. The Morgan fingerprint density at radius 2 is 1.68 bits per heavy atom. The zero-order valence-corrected chi connectivity index (χ0v) is 25.6. The average Bonchev–Trinajstić information content (AvgIpc) is 3.11. The van der Waals surface area contributed by atoms with E-state index in [0.29, 0.717) is 5.56 Å². The van der Waals surface area contributed by atoms with Gasteiger partial charge in [-0.3, -0.25) is 18.9 Å². The lowest BCUT2D eigenvalue weighted by atomic mass is 9.72. The molecule has 1 atom stereocenters. The van der Waals surface area contributed by atoms with E-state index < -0.39 is 45.9 Å². The Bertz CT molecular complexity index is 1370. The number of hydrogen-bond donors (Lipinski definition) is 3. The third-order valence-electron chi connectivity index (χ3n) is 8.16. The molecule has 2 fully saturated rings. The fraction of sp³-hybridized carbons (Fsp3) is 0.607. The Morgan fingerprint density at radius 1 is 1.07 bits per heavy atom. The predicted molar refractivity (Wildman–Crippen MR) is 159 cm³/mol. The third kappa shape index (κ3) is 7.38. The number of nitrogens with one attached hydrogen (secondary N) is 3. The van der Waals surface area contributed by atoms with Crippen molar-refractivity contribution in [2.24, 2.45) is 5.92 Å². The van der Waals surface area contributed by atoms with Gasteiger partial charge in [0.15, 0.2) is 0 Å². The minimum atomic E-state index is -4.03. The second-order valence-corrected chi connectivity index (χ2v) is 13.7. The molecule has 11 nitrogen and oxygen atoms in total. The van der Waals surface area contributed by atoms with Crippen LogP contribution in [-0.4, -0.2) is 54.2 Å². The van der Waals surface area contributed by atoms with Crippen molar-refractivity contribution < 1.29 is 22.5 Å². The Kier molecular flexibility index (Phi) is 9.32. The van der Waals surface area contributed by atoms with Gasteiger partial charge in [-0.15, -0.1) is 0 Å². The molecule has 224 valence electrons. The first-order valence-corrected chi connectivity index (χ1v) is 15.8. The lowest BCUT2D eigenvalue weighted by Gasteiger charge is -2.32. The highest BCUT2D eigenvalue weighted by molar-refractivity contribution is 7.90. The van der Waals surface area contributed by atoms with Crippen molar-refractivity contribution in [1.29, 1.82) is 0 Å². The van der Waals surface area contributed by atoms with Gasteiger partial charge < -0.3 is 14.6 Å². The topological polar surface area (TPSA) is 141 Å². The number of amides is 1. The predicted octanol–water partition coefficient (Wildman–Crippen LogP) is 3.26. The maximum atomic E-state index is 13.7. The van der Waals surface area contributed by atoms with Crippen LogP contribution in [-0.2, 0) is 30.9 Å². The first kappa shape index (κ1) is 31.2. The largest absolute Gasteiger partial charge is 0.482 e. The van der Waals surface area contributed by atoms with Crippen LogP contribution in [0.3, 0.4) is 0 Å². The summed E-state index contributed by atoms with van der Waals surface area (Å²) >= 11 is 0. The molecule has 1 amide bonds. The second-order valence-electron chi connectivity index (χ2n) is 12.3. The summed E-state index contributed by atoms with van der Waals surface area (Å²) in [5.74, 6) is -0.750. The summed E-state index contributed by atoms with van der Waals surface area (Å²) in [6.07, 6.45) is 5.67. The summed E-state index contributed by atoms with van der Waals surface area (Å²) in [5.41, 5.74) is -1.47. The molecule has 41 heavy (non-hydrogen) atoms. The van der Waals surface area contributed by atoms with Crippen LogP contribution in [0.25, 0.3) is 11.4 Å². The van der Waals surface area contributed by atoms with E-state index in [1.54, 1.807) is 24.3 Å². The van der Waals surface area contributed by atoms with E-state index in [-0.39, 0.29) is 30.0 Å². The molecule has 4 rings (SSSR count). The number of carbonyl (C=O) groups is 1. The minimum absolute atomic E-state index is 0.0407. The summed E-state index contributed by atoms with van der Waals surface area (Å²) in [6.45, 7) is 11.3. The SMILES string of the molecule is CC(C)C(NC(=O)Cn1c(-c2ccccc2)ncc(NS(=O)(=O)NC2CCCCC2)c1=O)B1OC(C)(C)C(C)(C)O1. The summed E-state index contributed by atoms with van der Waals surface area (Å²) in [6, 6.07) is 8.77. The molecule has 1 aliphatic heterocycles. The van der Waals surface area contributed by atoms with Gasteiger partial charge in [0.2, 0.25) is 5.91 Å². The standard InChI is InChI=1S/C28H42BN5O6S/c1-19(2)24(29-39-27(3,4)28(5,6)40-29)31-23(35)18-34-25(20-13-9-7-10-14-20)30-17-22(26(34)36)33-41(37,38)32-21-15-11-8-12-16-21/h7,9-10,13-14,17,19,21,24,32-33H,8,11-12,15-16,18H2,1-6H3,(H,31,35). The van der Waals surface area contributed by atoms with Crippen molar-refractivity contribution in [2.75, 3.05) is 4.72 Å². The summed E-state index contributed by atoms with van der Waals surface area (Å²) < 4.78 is 44.3. The van der Waals surface area contributed by atoms with Gasteiger partial charge in [-0.05, 0) is 46.5 Å². The Balaban J connectivity index is 1.60. The Labute approximate surface area is 243 Å². The van der Waals surface area contributed by atoms with Crippen molar-refractivity contribution in [2.45, 2.75) is 103 Å². The Morgan fingerprint density at radius 3 is 2.27 bits per heavy atom. The van der Waals surface area contributed by atoms with Gasteiger partial charge in [0.25, 0.3) is 15.8 Å². The van der Waals surface area contributed by atoms with Crippen molar-refractivity contribution in [3.63, 3.8) is 0 Å².